The molecule has 3 unspecified atom stereocenters. The van der Waals surface area contributed by atoms with E-state index in [1.54, 1.807) is 13.8 Å². The number of carboxylic acids is 1. The maximum Gasteiger partial charge on any atom is 0.513 e. The van der Waals surface area contributed by atoms with Gasteiger partial charge in [0.05, 0.1) is 26.7 Å². The minimum absolute atomic E-state index is 0.0743. The lowest BCUT2D eigenvalue weighted by Crippen LogP contribution is -2.41. The largest absolute Gasteiger partial charge is 0.513 e. The molecule has 0 aliphatic carbocycles. The second-order valence-electron chi connectivity index (χ2n) is 7.85. The molecular weight excluding hydrogens is 438 g/mol. The number of rotatable bonds is 10. The van der Waals surface area contributed by atoms with Crippen molar-refractivity contribution in [1.29, 1.82) is 0 Å². The average Bonchev–Trinajstić information content (AvgIpc) is 2.77. The summed E-state index contributed by atoms with van der Waals surface area (Å²) < 4.78 is 24.3. The summed E-state index contributed by atoms with van der Waals surface area (Å²) >= 11 is 0. The first kappa shape index (κ1) is 27.7. The van der Waals surface area contributed by atoms with Gasteiger partial charge in [-0.25, -0.2) is 9.59 Å². The van der Waals surface area contributed by atoms with Gasteiger partial charge in [-0.05, 0) is 29.5 Å². The number of ether oxygens (including phenoxy) is 5. The van der Waals surface area contributed by atoms with Crippen LogP contribution in [0.2, 0.25) is 0 Å². The molecule has 0 fully saturated rings. The molecule has 1 aromatic rings. The highest BCUT2D eigenvalue weighted by molar-refractivity contribution is 5.75. The molecule has 0 radical (unpaired) electrons. The van der Waals surface area contributed by atoms with Crippen molar-refractivity contribution >= 4 is 24.2 Å². The van der Waals surface area contributed by atoms with Crippen LogP contribution in [-0.2, 0) is 23.8 Å². The van der Waals surface area contributed by atoms with Crippen molar-refractivity contribution in [3.05, 3.63) is 23.8 Å². The lowest BCUT2D eigenvalue weighted by atomic mass is 9.82. The van der Waals surface area contributed by atoms with Crippen LogP contribution >= 0.6 is 0 Å². The molecular formula is C22H31NO10. The molecule has 0 saturated heterocycles. The van der Waals surface area contributed by atoms with Gasteiger partial charge in [0.15, 0.2) is 11.5 Å². The third-order valence-electron chi connectivity index (χ3n) is 5.22. The maximum absolute atomic E-state index is 12.2. The number of hydrogen-bond donors (Lipinski definition) is 2. The Hall–Kier alpha value is -3.34. The fourth-order valence-electron chi connectivity index (χ4n) is 2.92. The Balaban J connectivity index is 3.30. The minimum atomic E-state index is -1.38. The first-order valence-electron chi connectivity index (χ1n) is 10.2. The van der Waals surface area contributed by atoms with Gasteiger partial charge >= 0.3 is 24.2 Å². The van der Waals surface area contributed by atoms with Crippen LogP contribution in [0.25, 0.3) is 0 Å². The van der Waals surface area contributed by atoms with Crippen LogP contribution in [0.5, 0.6) is 11.5 Å². The Morgan fingerprint density at radius 3 is 1.97 bits per heavy atom. The van der Waals surface area contributed by atoms with E-state index in [0.29, 0.717) is 5.56 Å². The molecule has 184 valence electrons. The van der Waals surface area contributed by atoms with E-state index in [-0.39, 0.29) is 29.9 Å². The monoisotopic (exact) mass is 469 g/mol. The standard InChI is InChI=1S/C22H31NO10/c1-11(2)13(4)20(26)31-10-12(3)17(18(23)19(24)25)14-7-8-15(32-21(27)29-5)16(9-14)33-22(28)30-6/h7-9,11-13,17-18H,10,23H2,1-6H3,(H,24,25)/t12?,13?,17?,18-/m0/s1. The number of carbonyl (C=O) groups excluding carboxylic acids is 3. The summed E-state index contributed by atoms with van der Waals surface area (Å²) in [6.45, 7) is 7.11. The molecule has 0 heterocycles. The molecule has 0 aromatic heterocycles. The van der Waals surface area contributed by atoms with Crippen LogP contribution in [0.4, 0.5) is 9.59 Å². The number of benzene rings is 1. The van der Waals surface area contributed by atoms with Crippen molar-refractivity contribution < 1.29 is 48.0 Å². The molecule has 0 amide bonds. The molecule has 0 bridgehead atoms. The highest BCUT2D eigenvalue weighted by Crippen LogP contribution is 2.36. The number of nitrogens with two attached hydrogens (primary N) is 1. The predicted molar refractivity (Wildman–Crippen MR) is 115 cm³/mol. The van der Waals surface area contributed by atoms with Crippen LogP contribution in [0.1, 0.15) is 39.2 Å². The summed E-state index contributed by atoms with van der Waals surface area (Å²) in [4.78, 5) is 47.1. The van der Waals surface area contributed by atoms with Crippen LogP contribution in [-0.4, -0.2) is 56.2 Å². The van der Waals surface area contributed by atoms with Gasteiger partial charge in [0.25, 0.3) is 0 Å². The van der Waals surface area contributed by atoms with Crippen molar-refractivity contribution in [2.24, 2.45) is 23.5 Å². The second kappa shape index (κ2) is 12.6. The van der Waals surface area contributed by atoms with Gasteiger partial charge in [0, 0.05) is 5.92 Å². The van der Waals surface area contributed by atoms with Gasteiger partial charge in [-0.1, -0.05) is 33.8 Å². The van der Waals surface area contributed by atoms with E-state index in [1.165, 1.54) is 18.2 Å². The van der Waals surface area contributed by atoms with Gasteiger partial charge in [-0.2, -0.15) is 0 Å². The Bertz CT molecular complexity index is 854. The summed E-state index contributed by atoms with van der Waals surface area (Å²) in [5.74, 6) is -3.71. The van der Waals surface area contributed by atoms with E-state index in [0.717, 1.165) is 14.2 Å². The number of hydrogen-bond acceptors (Lipinski definition) is 10. The summed E-state index contributed by atoms with van der Waals surface area (Å²) in [5.41, 5.74) is 6.30. The van der Waals surface area contributed by atoms with Crippen LogP contribution < -0.4 is 15.2 Å². The molecule has 33 heavy (non-hydrogen) atoms. The average molecular weight is 469 g/mol. The molecule has 3 N–H and O–H groups in total. The molecule has 0 aliphatic rings. The Kier molecular flexibility index (Phi) is 10.6. The van der Waals surface area contributed by atoms with E-state index in [1.807, 2.05) is 13.8 Å². The van der Waals surface area contributed by atoms with Crippen molar-refractivity contribution in [1.82, 2.24) is 0 Å². The SMILES string of the molecule is COC(=O)Oc1ccc(C(C(C)COC(=O)C(C)C(C)C)[C@H](N)C(=O)O)cc1OC(=O)OC. The number of carboxylic acid groups (broad SMARTS) is 1. The highest BCUT2D eigenvalue weighted by Gasteiger charge is 2.33. The number of aliphatic carboxylic acids is 1. The van der Waals surface area contributed by atoms with Gasteiger partial charge in [0.1, 0.15) is 6.04 Å². The zero-order chi connectivity index (χ0) is 25.3. The Morgan fingerprint density at radius 2 is 1.48 bits per heavy atom. The molecule has 0 spiro atoms. The molecule has 4 atom stereocenters. The molecule has 1 rings (SSSR count). The lowest BCUT2D eigenvalue weighted by Gasteiger charge is -2.28. The Labute approximate surface area is 192 Å². The van der Waals surface area contributed by atoms with Gasteiger partial charge in [-0.3, -0.25) is 9.59 Å². The van der Waals surface area contributed by atoms with Crippen molar-refractivity contribution in [2.75, 3.05) is 20.8 Å². The van der Waals surface area contributed by atoms with Crippen molar-refractivity contribution in [2.45, 2.75) is 39.7 Å². The van der Waals surface area contributed by atoms with E-state index in [2.05, 4.69) is 9.47 Å². The van der Waals surface area contributed by atoms with Crippen LogP contribution in [0.15, 0.2) is 18.2 Å². The number of methoxy groups -OCH3 is 2. The zero-order valence-corrected chi connectivity index (χ0v) is 19.5. The minimum Gasteiger partial charge on any atom is -0.480 e. The summed E-state index contributed by atoms with van der Waals surface area (Å²) in [6.07, 6.45) is -2.15. The lowest BCUT2D eigenvalue weighted by molar-refractivity contribution is -0.151. The van der Waals surface area contributed by atoms with Gasteiger partial charge in [0.2, 0.25) is 0 Å². The maximum atomic E-state index is 12.2. The first-order chi connectivity index (χ1) is 15.4. The first-order valence-corrected chi connectivity index (χ1v) is 10.2. The van der Waals surface area contributed by atoms with E-state index < -0.39 is 42.1 Å². The van der Waals surface area contributed by atoms with Crippen LogP contribution in [0.3, 0.4) is 0 Å². The molecule has 11 nitrogen and oxygen atoms in total. The molecule has 0 aliphatic heterocycles. The highest BCUT2D eigenvalue weighted by atomic mass is 16.7. The van der Waals surface area contributed by atoms with E-state index >= 15 is 0 Å². The summed E-state index contributed by atoms with van der Waals surface area (Å²) in [5, 5.41) is 9.54. The smallest absolute Gasteiger partial charge is 0.480 e. The quantitative estimate of drug-likeness (QED) is 0.294. The number of carbonyl (C=O) groups is 4. The topological polar surface area (TPSA) is 161 Å². The van der Waals surface area contributed by atoms with Gasteiger partial charge in [-0.15, -0.1) is 0 Å². The van der Waals surface area contributed by atoms with Crippen LogP contribution in [0, 0.1) is 17.8 Å². The molecule has 1 aromatic carbocycles. The Morgan fingerprint density at radius 1 is 0.939 bits per heavy atom. The van der Waals surface area contributed by atoms with Crippen molar-refractivity contribution in [3.8, 4) is 11.5 Å². The predicted octanol–water partition coefficient (Wildman–Crippen LogP) is 2.94. The van der Waals surface area contributed by atoms with Gasteiger partial charge < -0.3 is 34.5 Å². The second-order valence-corrected chi connectivity index (χ2v) is 7.85. The summed E-state index contributed by atoms with van der Waals surface area (Å²) in [7, 11) is 2.19. The molecule has 11 heteroatoms. The van der Waals surface area contributed by atoms with E-state index in [9.17, 15) is 24.3 Å². The van der Waals surface area contributed by atoms with Crippen molar-refractivity contribution in [3.63, 3.8) is 0 Å². The summed E-state index contributed by atoms with van der Waals surface area (Å²) in [6, 6.07) is 2.69. The third kappa shape index (κ3) is 7.94. The zero-order valence-electron chi connectivity index (χ0n) is 19.5. The van der Waals surface area contributed by atoms with E-state index in [4.69, 9.17) is 19.9 Å². The fraction of sp³-hybridized carbons (Fsp3) is 0.545. The molecule has 0 saturated carbocycles. The number of esters is 1. The fourth-order valence-corrected chi connectivity index (χ4v) is 2.92. The third-order valence-corrected chi connectivity index (χ3v) is 5.22. The normalized spacial score (nSPS) is 14.4.